The minimum atomic E-state index is -0.651. The first-order valence-electron chi connectivity index (χ1n) is 7.51. The van der Waals surface area contributed by atoms with Crippen molar-refractivity contribution < 1.29 is 14.3 Å². The van der Waals surface area contributed by atoms with E-state index in [-0.39, 0.29) is 11.3 Å². The molecule has 0 aliphatic heterocycles. The van der Waals surface area contributed by atoms with Gasteiger partial charge < -0.3 is 9.52 Å². The van der Waals surface area contributed by atoms with Crippen LogP contribution in [0, 0.1) is 13.8 Å². The number of aryl methyl sites for hydroxylation is 2. The highest BCUT2D eigenvalue weighted by Crippen LogP contribution is 2.23. The maximum absolute atomic E-state index is 12.3. The van der Waals surface area contributed by atoms with Crippen LogP contribution in [0.4, 0.5) is 0 Å². The van der Waals surface area contributed by atoms with Crippen molar-refractivity contribution >= 4 is 22.8 Å². The maximum atomic E-state index is 12.3. The van der Waals surface area contributed by atoms with Crippen LogP contribution in [-0.4, -0.2) is 10.9 Å². The number of para-hydroxylation sites is 1. The lowest BCUT2D eigenvalue weighted by Gasteiger charge is -2.04. The van der Waals surface area contributed by atoms with Crippen LogP contribution in [0.5, 0.6) is 5.75 Å². The Kier molecular flexibility index (Phi) is 4.04. The maximum Gasteiger partial charge on any atom is 0.347 e. The first-order chi connectivity index (χ1) is 11.5. The number of phenolic OH excluding ortho intramolecular Hbond substituents is 1. The lowest BCUT2D eigenvalue weighted by atomic mass is 10.0. The van der Waals surface area contributed by atoms with Gasteiger partial charge in [0.05, 0.1) is 0 Å². The van der Waals surface area contributed by atoms with Crippen molar-refractivity contribution in [3.63, 3.8) is 0 Å². The zero-order valence-electron chi connectivity index (χ0n) is 13.4. The van der Waals surface area contributed by atoms with Crippen LogP contribution in [0.1, 0.15) is 27.0 Å². The molecule has 3 aromatic rings. The topological polar surface area (TPSA) is 67.5 Å². The molecule has 0 saturated heterocycles. The average molecular weight is 320 g/mol. The molecule has 0 spiro atoms. The fourth-order valence-corrected chi connectivity index (χ4v) is 2.58. The second-order valence-electron chi connectivity index (χ2n) is 5.69. The van der Waals surface area contributed by atoms with Crippen molar-refractivity contribution in [3.8, 4) is 5.75 Å². The molecule has 0 fully saturated rings. The molecule has 1 N–H and O–H groups in total. The van der Waals surface area contributed by atoms with Gasteiger partial charge in [0, 0.05) is 5.39 Å². The van der Waals surface area contributed by atoms with Gasteiger partial charge in [0.1, 0.15) is 16.9 Å². The van der Waals surface area contributed by atoms with Gasteiger partial charge in [0.15, 0.2) is 5.78 Å². The molecule has 4 nitrogen and oxygen atoms in total. The molecule has 0 aliphatic rings. The van der Waals surface area contributed by atoms with Crippen LogP contribution < -0.4 is 5.63 Å². The molecule has 1 heterocycles. The Morgan fingerprint density at radius 2 is 1.75 bits per heavy atom. The summed E-state index contributed by atoms with van der Waals surface area (Å²) in [5.41, 5.74) is 2.03. The molecule has 0 aliphatic carbocycles. The molecule has 4 heteroatoms. The number of aromatic hydroxyl groups is 1. The third-order valence-electron chi connectivity index (χ3n) is 3.85. The standard InChI is InChI=1S/C20H16O4/c1-12-9-14(10-13(2)19(12)22)7-8-17(21)16-11-15-5-3-4-6-18(15)24-20(16)23/h3-11,22H,1-2H3/b8-7+. The largest absolute Gasteiger partial charge is 0.507 e. The van der Waals surface area contributed by atoms with Crippen LogP contribution in [0.2, 0.25) is 0 Å². The van der Waals surface area contributed by atoms with Crippen LogP contribution in [0.3, 0.4) is 0 Å². The number of ketones is 1. The first-order valence-corrected chi connectivity index (χ1v) is 7.51. The number of rotatable bonds is 3. The summed E-state index contributed by atoms with van der Waals surface area (Å²) in [6, 6.07) is 12.1. The van der Waals surface area contributed by atoms with Crippen molar-refractivity contribution in [2.75, 3.05) is 0 Å². The summed E-state index contributed by atoms with van der Waals surface area (Å²) in [7, 11) is 0. The number of phenols is 1. The minimum absolute atomic E-state index is 0.00262. The van der Waals surface area contributed by atoms with Gasteiger partial charge in [-0.2, -0.15) is 0 Å². The van der Waals surface area contributed by atoms with E-state index in [4.69, 9.17) is 4.42 Å². The van der Waals surface area contributed by atoms with Crippen LogP contribution in [-0.2, 0) is 0 Å². The van der Waals surface area contributed by atoms with E-state index >= 15 is 0 Å². The number of benzene rings is 2. The van der Waals surface area contributed by atoms with Crippen LogP contribution in [0.25, 0.3) is 17.0 Å². The van der Waals surface area contributed by atoms with E-state index in [1.807, 2.05) is 6.07 Å². The molecule has 0 atom stereocenters. The van der Waals surface area contributed by atoms with Gasteiger partial charge in [0.2, 0.25) is 0 Å². The Morgan fingerprint density at radius 3 is 2.46 bits per heavy atom. The summed E-state index contributed by atoms with van der Waals surface area (Å²) in [6.45, 7) is 3.58. The van der Waals surface area contributed by atoms with E-state index in [9.17, 15) is 14.7 Å². The number of fused-ring (bicyclic) bond motifs is 1. The molecule has 0 radical (unpaired) electrons. The SMILES string of the molecule is Cc1cc(/C=C/C(=O)c2cc3ccccc3oc2=O)cc(C)c1O. The van der Waals surface area contributed by atoms with Crippen molar-refractivity contribution in [2.45, 2.75) is 13.8 Å². The summed E-state index contributed by atoms with van der Waals surface area (Å²) < 4.78 is 5.18. The molecule has 24 heavy (non-hydrogen) atoms. The fourth-order valence-electron chi connectivity index (χ4n) is 2.58. The summed E-state index contributed by atoms with van der Waals surface area (Å²) >= 11 is 0. The first kappa shape index (κ1) is 15.7. The summed E-state index contributed by atoms with van der Waals surface area (Å²) in [4.78, 5) is 24.3. The number of carbonyl (C=O) groups excluding carboxylic acids is 1. The smallest absolute Gasteiger partial charge is 0.347 e. The van der Waals surface area contributed by atoms with Gasteiger partial charge >= 0.3 is 5.63 Å². The molecule has 0 amide bonds. The van der Waals surface area contributed by atoms with Crippen molar-refractivity contribution in [3.05, 3.63) is 81.2 Å². The predicted molar refractivity (Wildman–Crippen MR) is 93.4 cm³/mol. The number of allylic oxidation sites excluding steroid dienone is 1. The van der Waals surface area contributed by atoms with Crippen molar-refractivity contribution in [2.24, 2.45) is 0 Å². The predicted octanol–water partition coefficient (Wildman–Crippen LogP) is 4.01. The quantitative estimate of drug-likeness (QED) is 0.450. The Hall–Kier alpha value is -3.14. The molecule has 0 unspecified atom stereocenters. The zero-order valence-corrected chi connectivity index (χ0v) is 13.4. The Morgan fingerprint density at radius 1 is 1.08 bits per heavy atom. The Bertz CT molecular complexity index is 1000. The molecule has 3 rings (SSSR count). The van der Waals surface area contributed by atoms with E-state index in [0.717, 1.165) is 16.7 Å². The monoisotopic (exact) mass is 320 g/mol. The van der Waals surface area contributed by atoms with Crippen molar-refractivity contribution in [1.29, 1.82) is 0 Å². The lowest BCUT2D eigenvalue weighted by Crippen LogP contribution is -2.11. The second-order valence-corrected chi connectivity index (χ2v) is 5.69. The van der Waals surface area contributed by atoms with Gasteiger partial charge in [-0.05, 0) is 60.9 Å². The van der Waals surface area contributed by atoms with E-state index in [1.54, 1.807) is 56.3 Å². The van der Waals surface area contributed by atoms with E-state index < -0.39 is 11.4 Å². The van der Waals surface area contributed by atoms with Gasteiger partial charge in [-0.1, -0.05) is 24.3 Å². The van der Waals surface area contributed by atoms with Crippen molar-refractivity contribution in [1.82, 2.24) is 0 Å². The number of hydrogen-bond donors (Lipinski definition) is 1. The fraction of sp³-hybridized carbons (Fsp3) is 0.100. The van der Waals surface area contributed by atoms with Gasteiger partial charge in [-0.25, -0.2) is 4.79 Å². The average Bonchev–Trinajstić information content (AvgIpc) is 2.56. The third kappa shape index (κ3) is 2.99. The summed E-state index contributed by atoms with van der Waals surface area (Å²) in [6.07, 6.45) is 2.96. The highest BCUT2D eigenvalue weighted by atomic mass is 16.4. The minimum Gasteiger partial charge on any atom is -0.507 e. The van der Waals surface area contributed by atoms with E-state index in [1.165, 1.54) is 6.08 Å². The van der Waals surface area contributed by atoms with Crippen LogP contribution >= 0.6 is 0 Å². The van der Waals surface area contributed by atoms with Gasteiger partial charge in [0.25, 0.3) is 0 Å². The Labute approximate surface area is 138 Å². The molecule has 0 saturated carbocycles. The Balaban J connectivity index is 1.95. The molecule has 1 aromatic heterocycles. The third-order valence-corrected chi connectivity index (χ3v) is 3.85. The molecule has 0 bridgehead atoms. The number of carbonyl (C=O) groups is 1. The molecular weight excluding hydrogens is 304 g/mol. The van der Waals surface area contributed by atoms with Crippen LogP contribution in [0.15, 0.2) is 57.8 Å². The number of hydrogen-bond acceptors (Lipinski definition) is 4. The lowest BCUT2D eigenvalue weighted by molar-refractivity contribution is 0.104. The molecular formula is C20H16O4. The van der Waals surface area contributed by atoms with Gasteiger partial charge in [-0.15, -0.1) is 0 Å². The zero-order chi connectivity index (χ0) is 17.3. The van der Waals surface area contributed by atoms with Gasteiger partial charge in [-0.3, -0.25) is 4.79 Å². The van der Waals surface area contributed by atoms with E-state index in [2.05, 4.69) is 0 Å². The highest BCUT2D eigenvalue weighted by Gasteiger charge is 2.11. The summed E-state index contributed by atoms with van der Waals surface area (Å²) in [5.74, 6) is -0.175. The molecule has 120 valence electrons. The highest BCUT2D eigenvalue weighted by molar-refractivity contribution is 6.07. The normalized spacial score (nSPS) is 11.2. The molecule has 2 aromatic carbocycles. The summed E-state index contributed by atoms with van der Waals surface area (Å²) in [5, 5.41) is 10.5. The van der Waals surface area contributed by atoms with E-state index in [0.29, 0.717) is 11.0 Å². The second kappa shape index (κ2) is 6.16.